The van der Waals surface area contributed by atoms with Gasteiger partial charge in [-0.3, -0.25) is 4.79 Å². The molecular formula is C15H17FN2O. The summed E-state index contributed by atoms with van der Waals surface area (Å²) in [5, 5.41) is 2.77. The van der Waals surface area contributed by atoms with E-state index in [4.69, 9.17) is 5.73 Å². The highest BCUT2D eigenvalue weighted by atomic mass is 19.1. The predicted octanol–water partition coefficient (Wildman–Crippen LogP) is 1.67. The number of amides is 1. The van der Waals surface area contributed by atoms with E-state index in [1.54, 1.807) is 6.07 Å². The van der Waals surface area contributed by atoms with Crippen molar-refractivity contribution in [2.75, 3.05) is 13.1 Å². The van der Waals surface area contributed by atoms with Gasteiger partial charge >= 0.3 is 0 Å². The van der Waals surface area contributed by atoms with Crippen LogP contribution < -0.4 is 11.1 Å². The zero-order valence-electron chi connectivity index (χ0n) is 10.7. The summed E-state index contributed by atoms with van der Waals surface area (Å²) >= 11 is 0. The summed E-state index contributed by atoms with van der Waals surface area (Å²) in [6, 6.07) is 4.36. The van der Waals surface area contributed by atoms with Crippen LogP contribution in [0.25, 0.3) is 0 Å². The average Bonchev–Trinajstić information content (AvgIpc) is 2.34. The van der Waals surface area contributed by atoms with Gasteiger partial charge in [0, 0.05) is 12.1 Å². The van der Waals surface area contributed by atoms with Gasteiger partial charge in [-0.1, -0.05) is 18.3 Å². The Kier molecular flexibility index (Phi) is 4.53. The molecule has 0 atom stereocenters. The Morgan fingerprint density at radius 2 is 2.26 bits per heavy atom. The summed E-state index contributed by atoms with van der Waals surface area (Å²) in [5.41, 5.74) is 5.84. The summed E-state index contributed by atoms with van der Waals surface area (Å²) in [4.78, 5) is 11.8. The van der Waals surface area contributed by atoms with E-state index in [0.29, 0.717) is 18.0 Å². The van der Waals surface area contributed by atoms with Gasteiger partial charge in [-0.15, -0.1) is 0 Å². The van der Waals surface area contributed by atoms with Crippen LogP contribution in [0.5, 0.6) is 0 Å². The van der Waals surface area contributed by atoms with E-state index < -0.39 is 5.82 Å². The normalized spacial score (nSPS) is 14.2. The molecule has 100 valence electrons. The van der Waals surface area contributed by atoms with Crippen LogP contribution in [0.15, 0.2) is 18.2 Å². The Hall–Kier alpha value is -1.86. The molecule has 1 aliphatic carbocycles. The van der Waals surface area contributed by atoms with Crippen LogP contribution in [0.4, 0.5) is 4.39 Å². The Labute approximate surface area is 112 Å². The Morgan fingerprint density at radius 3 is 2.84 bits per heavy atom. The van der Waals surface area contributed by atoms with Crippen LogP contribution in [-0.4, -0.2) is 19.0 Å². The molecule has 1 aromatic carbocycles. The minimum atomic E-state index is -0.546. The quantitative estimate of drug-likeness (QED) is 0.812. The van der Waals surface area contributed by atoms with Gasteiger partial charge in [-0.2, -0.15) is 0 Å². The third kappa shape index (κ3) is 3.55. The maximum atomic E-state index is 13.8. The molecule has 0 aromatic heterocycles. The molecule has 3 nitrogen and oxygen atoms in total. The first kappa shape index (κ1) is 13.6. The van der Waals surface area contributed by atoms with Crippen molar-refractivity contribution in [3.63, 3.8) is 0 Å². The number of nitrogens with one attached hydrogen (secondary N) is 1. The van der Waals surface area contributed by atoms with Gasteiger partial charge in [0.1, 0.15) is 5.82 Å². The molecule has 1 aromatic rings. The van der Waals surface area contributed by atoms with Gasteiger partial charge in [0.25, 0.3) is 5.91 Å². The summed E-state index contributed by atoms with van der Waals surface area (Å²) in [7, 11) is 0. The zero-order chi connectivity index (χ0) is 13.7. The molecule has 1 fully saturated rings. The van der Waals surface area contributed by atoms with E-state index in [1.165, 1.54) is 18.6 Å². The molecule has 0 aliphatic heterocycles. The molecule has 3 N–H and O–H groups in total. The van der Waals surface area contributed by atoms with Crippen LogP contribution >= 0.6 is 0 Å². The number of hydrogen-bond donors (Lipinski definition) is 2. The fraction of sp³-hybridized carbons (Fsp3) is 0.400. The largest absolute Gasteiger partial charge is 0.352 e. The van der Waals surface area contributed by atoms with Crippen LogP contribution in [-0.2, 0) is 0 Å². The summed E-state index contributed by atoms with van der Waals surface area (Å²) in [6.07, 6.45) is 3.52. The Morgan fingerprint density at radius 1 is 1.47 bits per heavy atom. The molecule has 4 heteroatoms. The lowest BCUT2D eigenvalue weighted by atomic mass is 9.85. The smallest absolute Gasteiger partial charge is 0.254 e. The van der Waals surface area contributed by atoms with Gasteiger partial charge < -0.3 is 11.1 Å². The first-order valence-corrected chi connectivity index (χ1v) is 6.47. The highest BCUT2D eigenvalue weighted by molar-refractivity contribution is 5.94. The molecular weight excluding hydrogens is 243 g/mol. The molecule has 2 rings (SSSR count). The van der Waals surface area contributed by atoms with Gasteiger partial charge in [0.2, 0.25) is 0 Å². The molecule has 0 saturated heterocycles. The average molecular weight is 260 g/mol. The number of nitrogens with two attached hydrogens (primary N) is 1. The van der Waals surface area contributed by atoms with E-state index in [-0.39, 0.29) is 18.0 Å². The molecule has 1 amide bonds. The lowest BCUT2D eigenvalue weighted by Gasteiger charge is -2.25. The monoisotopic (exact) mass is 260 g/mol. The van der Waals surface area contributed by atoms with E-state index in [9.17, 15) is 9.18 Å². The maximum Gasteiger partial charge on any atom is 0.254 e. The summed E-state index contributed by atoms with van der Waals surface area (Å²) < 4.78 is 13.8. The van der Waals surface area contributed by atoms with E-state index in [1.807, 2.05) is 0 Å². The van der Waals surface area contributed by atoms with Crippen LogP contribution in [0.1, 0.15) is 35.2 Å². The lowest BCUT2D eigenvalue weighted by Crippen LogP contribution is -2.32. The maximum absolute atomic E-state index is 13.8. The van der Waals surface area contributed by atoms with Crippen molar-refractivity contribution >= 4 is 5.91 Å². The predicted molar refractivity (Wildman–Crippen MR) is 72.0 cm³/mol. The second-order valence-corrected chi connectivity index (χ2v) is 4.71. The van der Waals surface area contributed by atoms with Gasteiger partial charge in [-0.25, -0.2) is 4.39 Å². The van der Waals surface area contributed by atoms with Crippen molar-refractivity contribution in [3.05, 3.63) is 35.1 Å². The van der Waals surface area contributed by atoms with Crippen molar-refractivity contribution < 1.29 is 9.18 Å². The second-order valence-electron chi connectivity index (χ2n) is 4.71. The second kappa shape index (κ2) is 6.35. The highest BCUT2D eigenvalue weighted by Crippen LogP contribution is 2.25. The Balaban J connectivity index is 2.00. The molecule has 0 spiro atoms. The molecule has 0 radical (unpaired) electrons. The number of carbonyl (C=O) groups is 1. The van der Waals surface area contributed by atoms with Crippen LogP contribution in [0.3, 0.4) is 0 Å². The molecule has 19 heavy (non-hydrogen) atoms. The van der Waals surface area contributed by atoms with Crippen molar-refractivity contribution in [1.82, 2.24) is 5.32 Å². The van der Waals surface area contributed by atoms with E-state index >= 15 is 0 Å². The van der Waals surface area contributed by atoms with Crippen molar-refractivity contribution in [3.8, 4) is 11.8 Å². The molecule has 1 aliphatic rings. The summed E-state index contributed by atoms with van der Waals surface area (Å²) in [5.74, 6) is 5.03. The zero-order valence-corrected chi connectivity index (χ0v) is 10.7. The number of rotatable bonds is 3. The number of benzene rings is 1. The number of halogens is 1. The fourth-order valence-electron chi connectivity index (χ4n) is 1.96. The highest BCUT2D eigenvalue weighted by Gasteiger charge is 2.19. The standard InChI is InChI=1S/C15H17FN2O/c16-14-9-11(5-2-8-17)6-7-13(14)15(19)18-10-12-3-1-4-12/h6-7,9,12H,1,3-4,8,10,17H2,(H,18,19). The molecule has 0 unspecified atom stereocenters. The van der Waals surface area contributed by atoms with Crippen LogP contribution in [0, 0.1) is 23.6 Å². The Bertz CT molecular complexity index is 527. The van der Waals surface area contributed by atoms with Gasteiger partial charge in [0.05, 0.1) is 12.1 Å². The van der Waals surface area contributed by atoms with Crippen molar-refractivity contribution in [2.24, 2.45) is 11.7 Å². The third-order valence-electron chi connectivity index (χ3n) is 3.32. The molecule has 0 bridgehead atoms. The molecule has 0 heterocycles. The molecule has 1 saturated carbocycles. The van der Waals surface area contributed by atoms with E-state index in [2.05, 4.69) is 17.2 Å². The van der Waals surface area contributed by atoms with E-state index in [0.717, 1.165) is 12.8 Å². The minimum absolute atomic E-state index is 0.0672. The SMILES string of the molecule is NCC#Cc1ccc(C(=O)NCC2CCC2)c(F)c1. The lowest BCUT2D eigenvalue weighted by molar-refractivity contribution is 0.0935. The minimum Gasteiger partial charge on any atom is -0.352 e. The fourth-order valence-corrected chi connectivity index (χ4v) is 1.96. The summed E-state index contributed by atoms with van der Waals surface area (Å²) in [6.45, 7) is 0.859. The van der Waals surface area contributed by atoms with Crippen molar-refractivity contribution in [1.29, 1.82) is 0 Å². The number of carbonyl (C=O) groups excluding carboxylic acids is 1. The first-order chi connectivity index (χ1) is 9.20. The van der Waals surface area contributed by atoms with Gasteiger partial charge in [-0.05, 0) is 37.0 Å². The van der Waals surface area contributed by atoms with Crippen LogP contribution in [0.2, 0.25) is 0 Å². The van der Waals surface area contributed by atoms with Crippen molar-refractivity contribution in [2.45, 2.75) is 19.3 Å². The topological polar surface area (TPSA) is 55.1 Å². The van der Waals surface area contributed by atoms with Gasteiger partial charge in [0.15, 0.2) is 0 Å². The number of hydrogen-bond acceptors (Lipinski definition) is 2. The first-order valence-electron chi connectivity index (χ1n) is 6.47. The third-order valence-corrected chi connectivity index (χ3v) is 3.32.